The highest BCUT2D eigenvalue weighted by atomic mass is 16.5. The summed E-state index contributed by atoms with van der Waals surface area (Å²) in [4.78, 5) is 12.9. The van der Waals surface area contributed by atoms with Crippen molar-refractivity contribution >= 4 is 0 Å². The van der Waals surface area contributed by atoms with E-state index in [1.807, 2.05) is 61.5 Å². The Kier molecular flexibility index (Phi) is 6.16. The van der Waals surface area contributed by atoms with Crippen LogP contribution in [-0.4, -0.2) is 11.7 Å². The van der Waals surface area contributed by atoms with Gasteiger partial charge in [0.05, 0.1) is 19.2 Å². The lowest BCUT2D eigenvalue weighted by Gasteiger charge is -2.16. The maximum atomic E-state index is 12.9. The minimum Gasteiger partial charge on any atom is -0.497 e. The van der Waals surface area contributed by atoms with Crippen LogP contribution in [0.3, 0.4) is 0 Å². The van der Waals surface area contributed by atoms with Crippen molar-refractivity contribution in [2.45, 2.75) is 33.5 Å². The zero-order chi connectivity index (χ0) is 20.1. The van der Waals surface area contributed by atoms with Gasteiger partial charge in [0, 0.05) is 12.2 Å². The first-order chi connectivity index (χ1) is 13.5. The molecule has 0 bridgehead atoms. The molecule has 3 aromatic rings. The molecule has 1 aromatic heterocycles. The maximum Gasteiger partial charge on any atom is 0.257 e. The van der Waals surface area contributed by atoms with Crippen molar-refractivity contribution in [2.24, 2.45) is 5.73 Å². The normalized spacial score (nSPS) is 10.7. The number of methoxy groups -OCH3 is 1. The van der Waals surface area contributed by atoms with Crippen LogP contribution in [0.25, 0.3) is 0 Å². The Morgan fingerprint density at radius 3 is 2.32 bits per heavy atom. The van der Waals surface area contributed by atoms with Crippen LogP contribution in [0, 0.1) is 13.8 Å². The molecule has 0 saturated heterocycles. The standard InChI is InChI=1S/C23H26N2O3/c1-16-12-22(28-15-20-7-5-4-6-19(20)13-24)17(2)23(26)25(16)14-18-8-10-21(27-3)11-9-18/h4-12H,13-15,24H2,1-3H3. The summed E-state index contributed by atoms with van der Waals surface area (Å²) in [5.74, 6) is 1.41. The average Bonchev–Trinajstić information content (AvgIpc) is 2.73. The molecular formula is C23H26N2O3. The van der Waals surface area contributed by atoms with Crippen LogP contribution >= 0.6 is 0 Å². The third kappa shape index (κ3) is 4.26. The van der Waals surface area contributed by atoms with Gasteiger partial charge in [0.25, 0.3) is 5.56 Å². The Morgan fingerprint density at radius 1 is 1.00 bits per heavy atom. The van der Waals surface area contributed by atoms with E-state index in [1.165, 1.54) is 0 Å². The van der Waals surface area contributed by atoms with Gasteiger partial charge in [-0.25, -0.2) is 0 Å². The molecule has 0 unspecified atom stereocenters. The Morgan fingerprint density at radius 2 is 1.68 bits per heavy atom. The Hall–Kier alpha value is -3.05. The van der Waals surface area contributed by atoms with E-state index in [0.717, 1.165) is 28.1 Å². The van der Waals surface area contributed by atoms with Crippen LogP contribution in [0.2, 0.25) is 0 Å². The number of nitrogens with zero attached hydrogens (tertiary/aromatic N) is 1. The largest absolute Gasteiger partial charge is 0.497 e. The number of rotatable bonds is 7. The van der Waals surface area contributed by atoms with E-state index in [0.29, 0.717) is 31.0 Å². The van der Waals surface area contributed by atoms with Crippen molar-refractivity contribution in [3.63, 3.8) is 0 Å². The number of ether oxygens (including phenoxy) is 2. The smallest absolute Gasteiger partial charge is 0.257 e. The monoisotopic (exact) mass is 378 g/mol. The van der Waals surface area contributed by atoms with Crippen molar-refractivity contribution < 1.29 is 9.47 Å². The number of aromatic nitrogens is 1. The number of aryl methyl sites for hydroxylation is 1. The van der Waals surface area contributed by atoms with Gasteiger partial charge in [0.2, 0.25) is 0 Å². The fourth-order valence-corrected chi connectivity index (χ4v) is 3.16. The zero-order valence-corrected chi connectivity index (χ0v) is 16.6. The molecule has 0 aliphatic heterocycles. The molecule has 1 heterocycles. The third-order valence-corrected chi connectivity index (χ3v) is 4.92. The lowest BCUT2D eigenvalue weighted by molar-refractivity contribution is 0.301. The lowest BCUT2D eigenvalue weighted by Crippen LogP contribution is -2.25. The van der Waals surface area contributed by atoms with Crippen LogP contribution in [-0.2, 0) is 19.7 Å². The van der Waals surface area contributed by atoms with Gasteiger partial charge in [0.1, 0.15) is 18.1 Å². The summed E-state index contributed by atoms with van der Waals surface area (Å²) in [7, 11) is 1.64. The fourth-order valence-electron chi connectivity index (χ4n) is 3.16. The molecule has 0 aliphatic carbocycles. The van der Waals surface area contributed by atoms with Gasteiger partial charge in [0.15, 0.2) is 0 Å². The molecular weight excluding hydrogens is 352 g/mol. The Balaban J connectivity index is 1.82. The molecule has 0 fully saturated rings. The molecule has 0 saturated carbocycles. The van der Waals surface area contributed by atoms with Crippen LogP contribution in [0.1, 0.15) is 27.9 Å². The summed E-state index contributed by atoms with van der Waals surface area (Å²) in [5.41, 5.74) is 10.3. The minimum atomic E-state index is -0.0436. The fraction of sp³-hybridized carbons (Fsp3) is 0.261. The summed E-state index contributed by atoms with van der Waals surface area (Å²) < 4.78 is 12.9. The van der Waals surface area contributed by atoms with E-state index in [-0.39, 0.29) is 5.56 Å². The number of benzene rings is 2. The zero-order valence-electron chi connectivity index (χ0n) is 16.6. The highest BCUT2D eigenvalue weighted by Gasteiger charge is 2.12. The molecule has 146 valence electrons. The van der Waals surface area contributed by atoms with Crippen LogP contribution in [0.5, 0.6) is 11.5 Å². The topological polar surface area (TPSA) is 66.5 Å². The quantitative estimate of drug-likeness (QED) is 0.683. The van der Waals surface area contributed by atoms with Crippen LogP contribution in [0.4, 0.5) is 0 Å². The maximum absolute atomic E-state index is 12.9. The van der Waals surface area contributed by atoms with Crippen molar-refractivity contribution in [2.75, 3.05) is 7.11 Å². The van der Waals surface area contributed by atoms with E-state index >= 15 is 0 Å². The van der Waals surface area contributed by atoms with Crippen LogP contribution in [0.15, 0.2) is 59.4 Å². The number of hydrogen-bond acceptors (Lipinski definition) is 4. The summed E-state index contributed by atoms with van der Waals surface area (Å²) in [6, 6.07) is 17.6. The van der Waals surface area contributed by atoms with Gasteiger partial charge in [-0.05, 0) is 48.7 Å². The second kappa shape index (κ2) is 8.76. The predicted molar refractivity (Wildman–Crippen MR) is 111 cm³/mol. The summed E-state index contributed by atoms with van der Waals surface area (Å²) in [6.45, 7) is 5.07. The Bertz CT molecular complexity index is 1010. The van der Waals surface area contributed by atoms with E-state index in [9.17, 15) is 4.79 Å². The summed E-state index contributed by atoms with van der Waals surface area (Å²) in [6.07, 6.45) is 0. The molecule has 0 radical (unpaired) electrons. The first-order valence-electron chi connectivity index (χ1n) is 9.27. The second-order valence-corrected chi connectivity index (χ2v) is 6.78. The average molecular weight is 378 g/mol. The molecule has 3 rings (SSSR count). The second-order valence-electron chi connectivity index (χ2n) is 6.78. The van der Waals surface area contributed by atoms with Gasteiger partial charge in [-0.3, -0.25) is 4.79 Å². The van der Waals surface area contributed by atoms with E-state index in [2.05, 4.69) is 0 Å². The predicted octanol–water partition coefficient (Wildman–Crippen LogP) is 3.56. The first kappa shape index (κ1) is 19.7. The van der Waals surface area contributed by atoms with E-state index in [4.69, 9.17) is 15.2 Å². The van der Waals surface area contributed by atoms with Crippen molar-refractivity contribution in [3.8, 4) is 11.5 Å². The summed E-state index contributed by atoms with van der Waals surface area (Å²) in [5, 5.41) is 0. The highest BCUT2D eigenvalue weighted by Crippen LogP contribution is 2.20. The molecule has 5 nitrogen and oxygen atoms in total. The van der Waals surface area contributed by atoms with Gasteiger partial charge in [-0.2, -0.15) is 0 Å². The lowest BCUT2D eigenvalue weighted by atomic mass is 10.1. The van der Waals surface area contributed by atoms with E-state index < -0.39 is 0 Å². The highest BCUT2D eigenvalue weighted by molar-refractivity contribution is 5.35. The number of nitrogens with two attached hydrogens (primary N) is 1. The van der Waals surface area contributed by atoms with Gasteiger partial charge in [-0.1, -0.05) is 36.4 Å². The molecule has 2 aromatic carbocycles. The first-order valence-corrected chi connectivity index (χ1v) is 9.27. The number of hydrogen-bond donors (Lipinski definition) is 1. The molecule has 2 N–H and O–H groups in total. The van der Waals surface area contributed by atoms with Crippen LogP contribution < -0.4 is 20.8 Å². The SMILES string of the molecule is COc1ccc(Cn2c(C)cc(OCc3ccccc3CN)c(C)c2=O)cc1. The molecule has 0 amide bonds. The van der Waals surface area contributed by atoms with Gasteiger partial charge in [-0.15, -0.1) is 0 Å². The van der Waals surface area contributed by atoms with Gasteiger partial charge < -0.3 is 19.8 Å². The van der Waals surface area contributed by atoms with Crippen molar-refractivity contribution in [1.82, 2.24) is 4.57 Å². The third-order valence-electron chi connectivity index (χ3n) is 4.92. The van der Waals surface area contributed by atoms with E-state index in [1.54, 1.807) is 18.6 Å². The minimum absolute atomic E-state index is 0.0436. The number of pyridine rings is 1. The van der Waals surface area contributed by atoms with Crippen molar-refractivity contribution in [1.29, 1.82) is 0 Å². The van der Waals surface area contributed by atoms with Gasteiger partial charge >= 0.3 is 0 Å². The Labute approximate surface area is 165 Å². The summed E-state index contributed by atoms with van der Waals surface area (Å²) >= 11 is 0. The molecule has 0 atom stereocenters. The molecule has 28 heavy (non-hydrogen) atoms. The molecule has 0 spiro atoms. The molecule has 0 aliphatic rings. The van der Waals surface area contributed by atoms with Crippen molar-refractivity contribution in [3.05, 3.63) is 92.9 Å². The molecule has 5 heteroatoms.